The van der Waals surface area contributed by atoms with Crippen LogP contribution in [0.3, 0.4) is 0 Å². The molecule has 0 bridgehead atoms. The molecule has 0 saturated heterocycles. The van der Waals surface area contributed by atoms with Crippen LogP contribution in [0.25, 0.3) is 10.8 Å². The minimum absolute atomic E-state index is 0.0359. The molecule has 0 spiro atoms. The third-order valence-electron chi connectivity index (χ3n) is 3.74. The summed E-state index contributed by atoms with van der Waals surface area (Å²) in [5, 5.41) is 20.1. The largest absolute Gasteiger partial charge is 0.481 e. The Bertz CT molecular complexity index is 723. The molecule has 3 rings (SSSR count). The first-order chi connectivity index (χ1) is 10.9. The highest BCUT2D eigenvalue weighted by Crippen LogP contribution is 2.31. The van der Waals surface area contributed by atoms with Gasteiger partial charge in [-0.2, -0.15) is 0 Å². The topological polar surface area (TPSA) is 74.6 Å². The first kappa shape index (κ1) is 16.5. The molecule has 0 radical (unpaired) electrons. The lowest BCUT2D eigenvalue weighted by Crippen LogP contribution is -2.28. The molecule has 118 valence electrons. The summed E-state index contributed by atoms with van der Waals surface area (Å²) in [6, 6.07) is 16.7. The Morgan fingerprint density at radius 3 is 1.83 bits per heavy atom. The first-order valence-corrected chi connectivity index (χ1v) is 7.21. The van der Waals surface area contributed by atoms with Gasteiger partial charge < -0.3 is 10.2 Å². The van der Waals surface area contributed by atoms with Crippen LogP contribution in [0.5, 0.6) is 0 Å². The van der Waals surface area contributed by atoms with Gasteiger partial charge in [-0.05, 0) is 24.1 Å². The molecular formula is C19H18O4. The van der Waals surface area contributed by atoms with E-state index in [4.69, 9.17) is 10.2 Å². The summed E-state index contributed by atoms with van der Waals surface area (Å²) in [5.74, 6) is -2.06. The summed E-state index contributed by atoms with van der Waals surface area (Å²) in [6.45, 7) is 1.50. The molecule has 0 heterocycles. The Balaban J connectivity index is 0.000000172. The Morgan fingerprint density at radius 1 is 0.957 bits per heavy atom. The van der Waals surface area contributed by atoms with E-state index in [1.807, 2.05) is 0 Å². The monoisotopic (exact) mass is 310 g/mol. The second-order valence-electron chi connectivity index (χ2n) is 5.60. The molecule has 2 aromatic carbocycles. The second-order valence-corrected chi connectivity index (χ2v) is 5.60. The van der Waals surface area contributed by atoms with E-state index in [-0.39, 0.29) is 12.0 Å². The summed E-state index contributed by atoms with van der Waals surface area (Å²) < 4.78 is 0. The molecule has 2 aromatic rings. The third kappa shape index (κ3) is 4.07. The maximum Gasteiger partial charge on any atom is 0.331 e. The Labute approximate surface area is 134 Å². The van der Waals surface area contributed by atoms with Gasteiger partial charge in [0.15, 0.2) is 0 Å². The van der Waals surface area contributed by atoms with Gasteiger partial charge in [-0.15, -0.1) is 0 Å². The quantitative estimate of drug-likeness (QED) is 0.882. The number of hydrogen-bond donors (Lipinski definition) is 2. The molecule has 0 saturated carbocycles. The number of hydrogen-bond acceptors (Lipinski definition) is 2. The van der Waals surface area contributed by atoms with E-state index in [0.29, 0.717) is 0 Å². The summed E-state index contributed by atoms with van der Waals surface area (Å²) >= 11 is 0. The maximum atomic E-state index is 10.8. The number of rotatable bonds is 2. The number of carboxylic acid groups (broad SMARTS) is 2. The molecule has 0 fully saturated rings. The molecule has 4 nitrogen and oxygen atoms in total. The SMILES string of the molecule is CC1(C(=O)O)C=CC=C(C(=O)O)C1.c1ccc2ccccc2c1. The van der Waals surface area contributed by atoms with Gasteiger partial charge in [-0.25, -0.2) is 4.79 Å². The summed E-state index contributed by atoms with van der Waals surface area (Å²) in [5.41, 5.74) is -0.949. The lowest BCUT2D eigenvalue weighted by atomic mass is 9.80. The van der Waals surface area contributed by atoms with Crippen LogP contribution in [0.4, 0.5) is 0 Å². The van der Waals surface area contributed by atoms with Crippen LogP contribution in [0, 0.1) is 5.41 Å². The zero-order valence-electron chi connectivity index (χ0n) is 12.8. The van der Waals surface area contributed by atoms with Gasteiger partial charge in [0.05, 0.1) is 5.41 Å². The van der Waals surface area contributed by atoms with E-state index >= 15 is 0 Å². The van der Waals surface area contributed by atoms with Crippen LogP contribution in [0.15, 0.2) is 72.3 Å². The smallest absolute Gasteiger partial charge is 0.331 e. The fourth-order valence-electron chi connectivity index (χ4n) is 2.32. The Hall–Kier alpha value is -2.88. The highest BCUT2D eigenvalue weighted by molar-refractivity contribution is 5.90. The lowest BCUT2D eigenvalue weighted by molar-refractivity contribution is -0.145. The van der Waals surface area contributed by atoms with Crippen LogP contribution >= 0.6 is 0 Å². The van der Waals surface area contributed by atoms with Crippen molar-refractivity contribution in [1.29, 1.82) is 0 Å². The highest BCUT2D eigenvalue weighted by atomic mass is 16.4. The van der Waals surface area contributed by atoms with Crippen molar-refractivity contribution in [2.45, 2.75) is 13.3 Å². The fourth-order valence-corrected chi connectivity index (χ4v) is 2.32. The molecule has 0 aliphatic heterocycles. The van der Waals surface area contributed by atoms with Crippen molar-refractivity contribution in [1.82, 2.24) is 0 Å². The molecule has 1 unspecified atom stereocenters. The highest BCUT2D eigenvalue weighted by Gasteiger charge is 2.34. The zero-order valence-corrected chi connectivity index (χ0v) is 12.8. The maximum absolute atomic E-state index is 10.8. The van der Waals surface area contributed by atoms with Crippen LogP contribution in [-0.4, -0.2) is 22.2 Å². The number of fused-ring (bicyclic) bond motifs is 1. The predicted molar refractivity (Wildman–Crippen MR) is 89.2 cm³/mol. The van der Waals surface area contributed by atoms with Crippen molar-refractivity contribution in [2.75, 3.05) is 0 Å². The van der Waals surface area contributed by atoms with Crippen LogP contribution in [0.1, 0.15) is 13.3 Å². The van der Waals surface area contributed by atoms with Gasteiger partial charge in [0, 0.05) is 5.57 Å². The standard InChI is InChI=1S/C10H8.C9H10O4/c1-2-6-10-8-4-3-7-9(10)5-1;1-9(8(12)13)4-2-3-6(5-9)7(10)11/h1-8H;2-4H,5H2,1H3,(H,10,11)(H,12,13). The molecular weight excluding hydrogens is 292 g/mol. The zero-order chi connectivity index (χ0) is 16.9. The van der Waals surface area contributed by atoms with Gasteiger partial charge in [-0.3, -0.25) is 4.79 Å². The summed E-state index contributed by atoms with van der Waals surface area (Å²) in [4.78, 5) is 21.3. The minimum atomic E-state index is -1.08. The van der Waals surface area contributed by atoms with Crippen molar-refractivity contribution in [3.8, 4) is 0 Å². The van der Waals surface area contributed by atoms with Crippen molar-refractivity contribution >= 4 is 22.7 Å². The van der Waals surface area contributed by atoms with Crippen LogP contribution in [0.2, 0.25) is 0 Å². The van der Waals surface area contributed by atoms with E-state index in [2.05, 4.69) is 48.5 Å². The van der Waals surface area contributed by atoms with Crippen molar-refractivity contribution in [3.05, 3.63) is 72.3 Å². The van der Waals surface area contributed by atoms with E-state index < -0.39 is 17.4 Å². The van der Waals surface area contributed by atoms with Gasteiger partial charge in [0.25, 0.3) is 0 Å². The van der Waals surface area contributed by atoms with Crippen molar-refractivity contribution in [2.24, 2.45) is 5.41 Å². The normalized spacial score (nSPS) is 19.4. The number of carbonyl (C=O) groups is 2. The molecule has 0 amide bonds. The van der Waals surface area contributed by atoms with Crippen molar-refractivity contribution < 1.29 is 19.8 Å². The average Bonchev–Trinajstić information content (AvgIpc) is 2.55. The van der Waals surface area contributed by atoms with Gasteiger partial charge >= 0.3 is 11.9 Å². The first-order valence-electron chi connectivity index (χ1n) is 7.21. The molecule has 2 N–H and O–H groups in total. The van der Waals surface area contributed by atoms with Gasteiger partial charge in [-0.1, -0.05) is 66.8 Å². The van der Waals surface area contributed by atoms with E-state index in [9.17, 15) is 9.59 Å². The van der Waals surface area contributed by atoms with Gasteiger partial charge in [0.1, 0.15) is 0 Å². The molecule has 23 heavy (non-hydrogen) atoms. The molecule has 1 aliphatic carbocycles. The number of allylic oxidation sites excluding steroid dienone is 2. The van der Waals surface area contributed by atoms with E-state index in [1.165, 1.54) is 35.9 Å². The number of aliphatic carboxylic acids is 2. The molecule has 4 heteroatoms. The second kappa shape index (κ2) is 6.92. The number of benzene rings is 2. The molecule has 1 aliphatic rings. The van der Waals surface area contributed by atoms with E-state index in [0.717, 1.165) is 0 Å². The Morgan fingerprint density at radius 2 is 1.43 bits per heavy atom. The minimum Gasteiger partial charge on any atom is -0.481 e. The van der Waals surface area contributed by atoms with Gasteiger partial charge in [0.2, 0.25) is 0 Å². The molecule has 0 aromatic heterocycles. The van der Waals surface area contributed by atoms with Crippen LogP contribution < -0.4 is 0 Å². The molecule has 1 atom stereocenters. The van der Waals surface area contributed by atoms with E-state index in [1.54, 1.807) is 0 Å². The predicted octanol–water partition coefficient (Wildman–Crippen LogP) is 3.89. The number of carboxylic acids is 2. The summed E-state index contributed by atoms with van der Waals surface area (Å²) in [6.07, 6.45) is 4.43. The van der Waals surface area contributed by atoms with Crippen LogP contribution in [-0.2, 0) is 9.59 Å². The fraction of sp³-hybridized carbons (Fsp3) is 0.158. The van der Waals surface area contributed by atoms with Crippen molar-refractivity contribution in [3.63, 3.8) is 0 Å². The average molecular weight is 310 g/mol. The third-order valence-corrected chi connectivity index (χ3v) is 3.74. The lowest BCUT2D eigenvalue weighted by Gasteiger charge is -2.23. The summed E-state index contributed by atoms with van der Waals surface area (Å²) in [7, 11) is 0. The Kier molecular flexibility index (Phi) is 4.96.